The van der Waals surface area contributed by atoms with E-state index in [0.717, 1.165) is 19.6 Å². The first-order chi connectivity index (χ1) is 15.4. The Hall–Kier alpha value is -0.0400. The van der Waals surface area contributed by atoms with Gasteiger partial charge in [-0.05, 0) is 12.8 Å². The fraction of sp³-hybridized carbons (Fsp3) is 0.967. The van der Waals surface area contributed by atoms with Crippen molar-refractivity contribution in [2.24, 2.45) is 0 Å². The summed E-state index contributed by atoms with van der Waals surface area (Å²) in [6, 6.07) is 0. The molecule has 0 N–H and O–H groups in total. The highest BCUT2D eigenvalue weighted by molar-refractivity contribution is 4.51. The van der Waals surface area contributed by atoms with Gasteiger partial charge in [0.2, 0.25) is 0 Å². The van der Waals surface area contributed by atoms with E-state index in [4.69, 9.17) is 4.74 Å². The van der Waals surface area contributed by atoms with Gasteiger partial charge in [-0.1, -0.05) is 168 Å². The summed E-state index contributed by atoms with van der Waals surface area (Å²) >= 11 is 0. The molecule has 0 unspecified atom stereocenters. The lowest BCUT2D eigenvalue weighted by Gasteiger charge is -2.05. The molecule has 1 nitrogen and oxygen atoms in total. The maximum Gasteiger partial charge on any atom is 0.0466 e. The summed E-state index contributed by atoms with van der Waals surface area (Å²) < 4.78 is 5.83. The fourth-order valence-corrected chi connectivity index (χ4v) is 4.47. The lowest BCUT2D eigenvalue weighted by Crippen LogP contribution is -1.97. The van der Waals surface area contributed by atoms with Crippen molar-refractivity contribution in [3.05, 3.63) is 6.92 Å². The quantitative estimate of drug-likeness (QED) is 0.111. The third kappa shape index (κ3) is 30.0. The smallest absolute Gasteiger partial charge is 0.0466 e. The van der Waals surface area contributed by atoms with Gasteiger partial charge in [0.15, 0.2) is 0 Å². The molecule has 0 spiro atoms. The summed E-state index contributed by atoms with van der Waals surface area (Å²) in [4.78, 5) is 0. The van der Waals surface area contributed by atoms with Crippen LogP contribution in [0, 0.1) is 6.92 Å². The molecule has 1 radical (unpaired) electrons. The van der Waals surface area contributed by atoms with E-state index in [-0.39, 0.29) is 0 Å². The summed E-state index contributed by atoms with van der Waals surface area (Å²) in [6.45, 7) is 8.19. The minimum absolute atomic E-state index is 0.992. The molecule has 0 fully saturated rings. The molecule has 0 aromatic carbocycles. The molecule has 0 amide bonds. The van der Waals surface area contributed by atoms with E-state index < -0.39 is 0 Å². The van der Waals surface area contributed by atoms with Gasteiger partial charge in [0.05, 0.1) is 0 Å². The molecule has 1 heteroatoms. The lowest BCUT2D eigenvalue weighted by molar-refractivity contribution is 0.125. The molecule has 0 aliphatic rings. The second kappa shape index (κ2) is 30.0. The molecule has 0 atom stereocenters. The number of hydrogen-bond donors (Lipinski definition) is 0. The molecule has 0 aliphatic heterocycles. The van der Waals surface area contributed by atoms with E-state index in [1.54, 1.807) is 0 Å². The van der Waals surface area contributed by atoms with Crippen molar-refractivity contribution in [3.8, 4) is 0 Å². The van der Waals surface area contributed by atoms with Gasteiger partial charge in [-0.25, -0.2) is 0 Å². The molecule has 0 saturated carbocycles. The lowest BCUT2D eigenvalue weighted by atomic mass is 10.0. The molecule has 0 aliphatic carbocycles. The van der Waals surface area contributed by atoms with Gasteiger partial charge in [-0.2, -0.15) is 0 Å². The summed E-state index contributed by atoms with van der Waals surface area (Å²) in [7, 11) is 0. The van der Waals surface area contributed by atoms with Gasteiger partial charge in [-0.3, -0.25) is 0 Å². The zero-order valence-electron chi connectivity index (χ0n) is 21.9. The van der Waals surface area contributed by atoms with Gasteiger partial charge >= 0.3 is 0 Å². The summed E-state index contributed by atoms with van der Waals surface area (Å²) in [5, 5.41) is 0. The molecular formula is C30H61O. The predicted octanol–water partition coefficient (Wildman–Crippen LogP) is 11.0. The van der Waals surface area contributed by atoms with Crippen molar-refractivity contribution >= 4 is 0 Å². The maximum atomic E-state index is 5.83. The van der Waals surface area contributed by atoms with Crippen molar-refractivity contribution in [2.45, 2.75) is 174 Å². The Morgan fingerprint density at radius 1 is 0.355 bits per heavy atom. The summed E-state index contributed by atoms with van der Waals surface area (Å²) in [5.41, 5.74) is 0. The van der Waals surface area contributed by atoms with Gasteiger partial charge < -0.3 is 4.74 Å². The van der Waals surface area contributed by atoms with Gasteiger partial charge in [-0.15, -0.1) is 0 Å². The fourth-order valence-electron chi connectivity index (χ4n) is 4.47. The second-order valence-electron chi connectivity index (χ2n) is 9.95. The summed E-state index contributed by atoms with van der Waals surface area (Å²) in [5.74, 6) is 0. The highest BCUT2D eigenvalue weighted by Gasteiger charge is 1.96. The Kier molecular flexibility index (Phi) is 29.9. The Labute approximate surface area is 198 Å². The van der Waals surface area contributed by atoms with E-state index in [1.165, 1.54) is 161 Å². The molecule has 0 saturated heterocycles. The van der Waals surface area contributed by atoms with Gasteiger partial charge in [0, 0.05) is 13.2 Å². The monoisotopic (exact) mass is 437 g/mol. The zero-order valence-corrected chi connectivity index (χ0v) is 21.9. The Balaban J connectivity index is 2.98. The molecule has 187 valence electrons. The van der Waals surface area contributed by atoms with Crippen LogP contribution >= 0.6 is 0 Å². The predicted molar refractivity (Wildman–Crippen MR) is 142 cm³/mol. The van der Waals surface area contributed by atoms with E-state index >= 15 is 0 Å². The minimum atomic E-state index is 0.992. The topological polar surface area (TPSA) is 9.23 Å². The third-order valence-corrected chi connectivity index (χ3v) is 6.68. The minimum Gasteiger partial charge on any atom is -0.381 e. The highest BCUT2D eigenvalue weighted by atomic mass is 16.5. The molecule has 0 bridgehead atoms. The zero-order chi connectivity index (χ0) is 22.5. The largest absolute Gasteiger partial charge is 0.381 e. The first kappa shape index (κ1) is 31.0. The molecule has 0 aromatic rings. The third-order valence-electron chi connectivity index (χ3n) is 6.68. The van der Waals surface area contributed by atoms with E-state index in [2.05, 4.69) is 13.8 Å². The van der Waals surface area contributed by atoms with Crippen LogP contribution in [-0.4, -0.2) is 13.2 Å². The van der Waals surface area contributed by atoms with E-state index in [0.29, 0.717) is 0 Å². The van der Waals surface area contributed by atoms with Crippen LogP contribution in [0.1, 0.15) is 174 Å². The van der Waals surface area contributed by atoms with Crippen LogP contribution in [-0.2, 0) is 4.74 Å². The van der Waals surface area contributed by atoms with Crippen molar-refractivity contribution in [1.29, 1.82) is 0 Å². The average molecular weight is 438 g/mol. The first-order valence-corrected chi connectivity index (χ1v) is 14.8. The van der Waals surface area contributed by atoms with Crippen LogP contribution in [0.15, 0.2) is 0 Å². The first-order valence-electron chi connectivity index (χ1n) is 14.8. The second-order valence-corrected chi connectivity index (χ2v) is 9.95. The Morgan fingerprint density at radius 3 is 0.903 bits per heavy atom. The van der Waals surface area contributed by atoms with Gasteiger partial charge in [0.1, 0.15) is 0 Å². The van der Waals surface area contributed by atoms with Crippen molar-refractivity contribution in [1.82, 2.24) is 0 Å². The van der Waals surface area contributed by atoms with Crippen LogP contribution < -0.4 is 0 Å². The van der Waals surface area contributed by atoms with E-state index in [1.807, 2.05) is 0 Å². The average Bonchev–Trinajstić information content (AvgIpc) is 2.78. The van der Waals surface area contributed by atoms with Crippen LogP contribution in [0.5, 0.6) is 0 Å². The number of hydrogen-bond acceptors (Lipinski definition) is 1. The standard InChI is InChI=1S/C30H61O/c1-3-5-7-9-11-13-15-17-19-21-23-25-27-29-31-30-28-26-24-22-20-18-16-14-12-10-8-6-4-2/h1,3-30H2,2H3. The van der Waals surface area contributed by atoms with E-state index in [9.17, 15) is 0 Å². The van der Waals surface area contributed by atoms with Gasteiger partial charge in [0.25, 0.3) is 0 Å². The Bertz CT molecular complexity index is 260. The molecule has 0 heterocycles. The van der Waals surface area contributed by atoms with Crippen molar-refractivity contribution in [3.63, 3.8) is 0 Å². The number of rotatable bonds is 28. The maximum absolute atomic E-state index is 5.83. The van der Waals surface area contributed by atoms with Crippen LogP contribution in [0.25, 0.3) is 0 Å². The molecular weight excluding hydrogens is 376 g/mol. The molecule has 0 rings (SSSR count). The van der Waals surface area contributed by atoms with Crippen molar-refractivity contribution in [2.75, 3.05) is 13.2 Å². The number of ether oxygens (including phenoxy) is 1. The SMILES string of the molecule is [CH2]CCCCCCCCCCCCCCOCCCCCCCCCCCCCCC. The normalized spacial score (nSPS) is 11.4. The molecule has 31 heavy (non-hydrogen) atoms. The number of unbranched alkanes of at least 4 members (excludes halogenated alkanes) is 24. The van der Waals surface area contributed by atoms with Crippen LogP contribution in [0.2, 0.25) is 0 Å². The Morgan fingerprint density at radius 2 is 0.613 bits per heavy atom. The summed E-state index contributed by atoms with van der Waals surface area (Å²) in [6.07, 6.45) is 36.5. The van der Waals surface area contributed by atoms with Crippen molar-refractivity contribution < 1.29 is 4.74 Å². The van der Waals surface area contributed by atoms with Crippen LogP contribution in [0.4, 0.5) is 0 Å². The highest BCUT2D eigenvalue weighted by Crippen LogP contribution is 2.14. The molecule has 0 aromatic heterocycles. The van der Waals surface area contributed by atoms with Crippen LogP contribution in [0.3, 0.4) is 0 Å².